The summed E-state index contributed by atoms with van der Waals surface area (Å²) in [6, 6.07) is 7.19. The fourth-order valence-corrected chi connectivity index (χ4v) is 3.90. The highest BCUT2D eigenvalue weighted by Gasteiger charge is 2.39. The molecule has 0 spiro atoms. The van der Waals surface area contributed by atoms with Crippen LogP contribution in [0.2, 0.25) is 5.02 Å². The van der Waals surface area contributed by atoms with Crippen molar-refractivity contribution in [2.24, 2.45) is 0 Å². The Hall–Kier alpha value is -2.34. The second-order valence-electron chi connectivity index (χ2n) is 7.06. The van der Waals surface area contributed by atoms with Crippen molar-refractivity contribution in [3.63, 3.8) is 0 Å². The Morgan fingerprint density at radius 1 is 1.26 bits per heavy atom. The summed E-state index contributed by atoms with van der Waals surface area (Å²) in [5.74, 6) is -2.83. The van der Waals surface area contributed by atoms with E-state index in [1.165, 1.54) is 0 Å². The maximum Gasteiger partial charge on any atom is 0.264 e. The standard InChI is InChI=1S/C20H20ClF2N3O/c21-14-5-3-4-13(12-14)17-16-6-1-2-11-26(16)18(25-17)19(27)24-15-7-9-20(22,23)10-8-15/h1-6,11-12,15,18,25H,7-10H2,(H,24,27). The van der Waals surface area contributed by atoms with Crippen LogP contribution in [-0.4, -0.2) is 28.9 Å². The van der Waals surface area contributed by atoms with Crippen LogP contribution in [-0.2, 0) is 4.79 Å². The van der Waals surface area contributed by atoms with E-state index in [2.05, 4.69) is 10.6 Å². The quantitative estimate of drug-likeness (QED) is 0.818. The molecule has 1 atom stereocenters. The zero-order valence-corrected chi connectivity index (χ0v) is 15.3. The van der Waals surface area contributed by atoms with Crippen LogP contribution in [0.4, 0.5) is 8.78 Å². The molecular weight excluding hydrogens is 372 g/mol. The van der Waals surface area contributed by atoms with Gasteiger partial charge in [-0.05, 0) is 37.1 Å². The largest absolute Gasteiger partial charge is 0.355 e. The van der Waals surface area contributed by atoms with Crippen LogP contribution in [0.25, 0.3) is 5.70 Å². The lowest BCUT2D eigenvalue weighted by Crippen LogP contribution is -2.52. The van der Waals surface area contributed by atoms with E-state index in [4.69, 9.17) is 11.6 Å². The van der Waals surface area contributed by atoms with Crippen molar-refractivity contribution in [1.29, 1.82) is 0 Å². The normalized spacial score (nSPS) is 24.0. The topological polar surface area (TPSA) is 44.4 Å². The molecule has 2 heterocycles. The van der Waals surface area contributed by atoms with Gasteiger partial charge in [0.1, 0.15) is 0 Å². The van der Waals surface area contributed by atoms with Crippen LogP contribution in [0.3, 0.4) is 0 Å². The van der Waals surface area contributed by atoms with Crippen molar-refractivity contribution >= 4 is 23.2 Å². The average molecular weight is 392 g/mol. The molecule has 4 rings (SSSR count). The lowest BCUT2D eigenvalue weighted by molar-refractivity contribution is -0.127. The number of rotatable bonds is 3. The van der Waals surface area contributed by atoms with Crippen LogP contribution >= 0.6 is 11.6 Å². The summed E-state index contributed by atoms with van der Waals surface area (Å²) in [7, 11) is 0. The molecule has 1 amide bonds. The molecule has 4 nitrogen and oxygen atoms in total. The Balaban J connectivity index is 1.51. The highest BCUT2D eigenvalue weighted by atomic mass is 35.5. The predicted molar refractivity (Wildman–Crippen MR) is 101 cm³/mol. The number of benzene rings is 1. The minimum atomic E-state index is -2.61. The van der Waals surface area contributed by atoms with Crippen LogP contribution in [0, 0.1) is 0 Å². The Labute approximate surface area is 161 Å². The number of nitrogens with one attached hydrogen (secondary N) is 2. The molecule has 1 saturated carbocycles. The zero-order valence-electron chi connectivity index (χ0n) is 14.6. The minimum absolute atomic E-state index is 0.181. The molecule has 2 aliphatic heterocycles. The van der Waals surface area contributed by atoms with Gasteiger partial charge < -0.3 is 15.5 Å². The molecule has 1 aromatic carbocycles. The summed E-state index contributed by atoms with van der Waals surface area (Å²) >= 11 is 6.11. The Morgan fingerprint density at radius 3 is 2.78 bits per heavy atom. The van der Waals surface area contributed by atoms with Gasteiger partial charge in [-0.15, -0.1) is 0 Å². The van der Waals surface area contributed by atoms with E-state index >= 15 is 0 Å². The molecule has 0 radical (unpaired) electrons. The Kier molecular flexibility index (Phi) is 4.68. The van der Waals surface area contributed by atoms with Gasteiger partial charge in [-0.3, -0.25) is 4.79 Å². The fraction of sp³-hybridized carbons (Fsp3) is 0.350. The van der Waals surface area contributed by atoms with Gasteiger partial charge >= 0.3 is 0 Å². The number of amides is 1. The molecule has 0 saturated heterocycles. The second kappa shape index (κ2) is 7.00. The molecule has 1 aromatic rings. The number of nitrogens with zero attached hydrogens (tertiary/aromatic N) is 1. The first-order valence-electron chi connectivity index (χ1n) is 9.01. The summed E-state index contributed by atoms with van der Waals surface area (Å²) in [6.07, 6.45) is 7.12. The maximum atomic E-state index is 13.3. The Bertz CT molecular complexity index is 839. The van der Waals surface area contributed by atoms with Crippen LogP contribution in [0.5, 0.6) is 0 Å². The molecule has 0 bridgehead atoms. The van der Waals surface area contributed by atoms with Crippen LogP contribution in [0.1, 0.15) is 31.2 Å². The minimum Gasteiger partial charge on any atom is -0.355 e. The number of fused-ring (bicyclic) bond motifs is 1. The third-order valence-corrected chi connectivity index (χ3v) is 5.37. The number of hydrogen-bond acceptors (Lipinski definition) is 3. The van der Waals surface area contributed by atoms with E-state index in [0.717, 1.165) is 17.0 Å². The van der Waals surface area contributed by atoms with Gasteiger partial charge in [0, 0.05) is 35.7 Å². The van der Waals surface area contributed by atoms with Crippen molar-refractivity contribution in [1.82, 2.24) is 15.5 Å². The number of allylic oxidation sites excluding steroid dienone is 3. The second-order valence-corrected chi connectivity index (χ2v) is 7.50. The molecule has 7 heteroatoms. The van der Waals surface area contributed by atoms with Gasteiger partial charge in [0.15, 0.2) is 6.17 Å². The molecule has 1 fully saturated rings. The lowest BCUT2D eigenvalue weighted by Gasteiger charge is -2.31. The monoisotopic (exact) mass is 391 g/mol. The van der Waals surface area contributed by atoms with Crippen molar-refractivity contribution < 1.29 is 13.6 Å². The van der Waals surface area contributed by atoms with Gasteiger partial charge in [0.05, 0.1) is 11.4 Å². The van der Waals surface area contributed by atoms with Gasteiger partial charge in [-0.25, -0.2) is 8.78 Å². The maximum absolute atomic E-state index is 13.3. The third-order valence-electron chi connectivity index (χ3n) is 5.13. The molecular formula is C20H20ClF2N3O. The van der Waals surface area contributed by atoms with Gasteiger partial charge in [0.25, 0.3) is 5.91 Å². The summed E-state index contributed by atoms with van der Waals surface area (Å²) in [5, 5.41) is 6.81. The summed E-state index contributed by atoms with van der Waals surface area (Å²) in [4.78, 5) is 14.7. The van der Waals surface area contributed by atoms with E-state index in [9.17, 15) is 13.6 Å². The molecule has 1 aliphatic carbocycles. The number of carbonyl (C=O) groups is 1. The molecule has 27 heavy (non-hydrogen) atoms. The first kappa shape index (κ1) is 18.0. The highest BCUT2D eigenvalue weighted by Crippen LogP contribution is 2.34. The molecule has 0 aromatic heterocycles. The van der Waals surface area contributed by atoms with Crippen molar-refractivity contribution in [2.75, 3.05) is 0 Å². The number of hydrogen-bond donors (Lipinski definition) is 2. The number of alkyl halides is 2. The molecule has 1 unspecified atom stereocenters. The van der Waals surface area contributed by atoms with E-state index in [1.807, 2.05) is 47.5 Å². The average Bonchev–Trinajstić information content (AvgIpc) is 3.03. The first-order chi connectivity index (χ1) is 12.9. The Morgan fingerprint density at radius 2 is 2.04 bits per heavy atom. The summed E-state index contributed by atoms with van der Waals surface area (Å²) < 4.78 is 26.7. The third kappa shape index (κ3) is 3.72. The number of carbonyl (C=O) groups excluding carboxylic acids is 1. The van der Waals surface area contributed by atoms with E-state index < -0.39 is 12.1 Å². The highest BCUT2D eigenvalue weighted by molar-refractivity contribution is 6.30. The van der Waals surface area contributed by atoms with Gasteiger partial charge in [0.2, 0.25) is 5.92 Å². The molecule has 2 N–H and O–H groups in total. The van der Waals surface area contributed by atoms with Crippen molar-refractivity contribution in [2.45, 2.75) is 43.8 Å². The van der Waals surface area contributed by atoms with Crippen molar-refractivity contribution in [3.05, 3.63) is 65.0 Å². The van der Waals surface area contributed by atoms with Gasteiger partial charge in [-0.2, -0.15) is 0 Å². The molecule has 142 valence electrons. The van der Waals surface area contributed by atoms with Crippen molar-refractivity contribution in [3.8, 4) is 0 Å². The van der Waals surface area contributed by atoms with Crippen LogP contribution in [0.15, 0.2) is 54.4 Å². The summed E-state index contributed by atoms with van der Waals surface area (Å²) in [6.45, 7) is 0. The SMILES string of the molecule is O=C(NC1CCC(F)(F)CC1)C1NC(c2cccc(Cl)c2)=C2C=CC=CN21. The zero-order chi connectivity index (χ0) is 19.0. The van der Waals surface area contributed by atoms with E-state index in [1.54, 1.807) is 6.07 Å². The first-order valence-corrected chi connectivity index (χ1v) is 9.39. The van der Waals surface area contributed by atoms with Crippen LogP contribution < -0.4 is 10.6 Å². The predicted octanol–water partition coefficient (Wildman–Crippen LogP) is 4.02. The van der Waals surface area contributed by atoms with E-state index in [0.29, 0.717) is 17.9 Å². The fourth-order valence-electron chi connectivity index (χ4n) is 3.70. The van der Waals surface area contributed by atoms with E-state index in [-0.39, 0.29) is 24.8 Å². The lowest BCUT2D eigenvalue weighted by atomic mass is 9.92. The van der Waals surface area contributed by atoms with Gasteiger partial charge in [-0.1, -0.05) is 29.8 Å². The molecule has 3 aliphatic rings. The summed E-state index contributed by atoms with van der Waals surface area (Å²) in [5.41, 5.74) is 2.57. The smallest absolute Gasteiger partial charge is 0.264 e. The number of halogens is 3.